The lowest BCUT2D eigenvalue weighted by atomic mass is 10.3. The minimum atomic E-state index is -5.55. The van der Waals surface area contributed by atoms with Crippen LogP contribution in [0.2, 0.25) is 0 Å². The van der Waals surface area contributed by atoms with Crippen molar-refractivity contribution in [3.8, 4) is 0 Å². The van der Waals surface area contributed by atoms with Crippen molar-refractivity contribution in [3.05, 3.63) is 0 Å². The molecular weight excluding hydrogens is 294 g/mol. The van der Waals surface area contributed by atoms with Crippen molar-refractivity contribution in [3.63, 3.8) is 0 Å². The lowest BCUT2D eigenvalue weighted by Crippen LogP contribution is -2.47. The zero-order valence-electron chi connectivity index (χ0n) is 10.4. The highest BCUT2D eigenvalue weighted by Gasteiger charge is 2.57. The summed E-state index contributed by atoms with van der Waals surface area (Å²) >= 11 is 0. The number of rotatable bonds is 4. The minimum absolute atomic E-state index is 0.376. The van der Waals surface area contributed by atoms with Gasteiger partial charge in [0.2, 0.25) is 12.0 Å². The number of carbonyl (C=O) groups excluding carboxylic acids is 1. The van der Waals surface area contributed by atoms with Crippen LogP contribution in [0.25, 0.3) is 0 Å². The van der Waals surface area contributed by atoms with Crippen LogP contribution in [0, 0.1) is 0 Å². The highest BCUT2D eigenvalue weighted by Crippen LogP contribution is 2.35. The Morgan fingerprint density at radius 2 is 1.60 bits per heavy atom. The van der Waals surface area contributed by atoms with Crippen LogP contribution >= 0.6 is 0 Å². The van der Waals surface area contributed by atoms with Crippen molar-refractivity contribution >= 4 is 5.91 Å². The second-order valence-electron chi connectivity index (χ2n) is 4.21. The average Bonchev–Trinajstić information content (AvgIpc) is 2.32. The Bertz CT molecular complexity index is 311. The number of hydrogen-bond acceptors (Lipinski definition) is 3. The van der Waals surface area contributed by atoms with Crippen molar-refractivity contribution in [2.75, 3.05) is 32.8 Å². The molecule has 1 aliphatic heterocycles. The molecule has 0 aromatic rings. The van der Waals surface area contributed by atoms with Crippen LogP contribution in [0.3, 0.4) is 0 Å². The van der Waals surface area contributed by atoms with Crippen molar-refractivity contribution in [2.45, 2.75) is 24.9 Å². The molecule has 1 saturated heterocycles. The van der Waals surface area contributed by atoms with Crippen molar-refractivity contribution < 1.29 is 35.9 Å². The van der Waals surface area contributed by atoms with Crippen molar-refractivity contribution in [1.29, 1.82) is 0 Å². The van der Waals surface area contributed by atoms with Crippen LogP contribution in [0.5, 0.6) is 0 Å². The third kappa shape index (κ3) is 5.16. The number of carbonyl (C=O) groups is 1. The van der Waals surface area contributed by atoms with Gasteiger partial charge in [-0.25, -0.2) is 0 Å². The van der Waals surface area contributed by atoms with E-state index in [-0.39, 0.29) is 0 Å². The van der Waals surface area contributed by atoms with Crippen LogP contribution in [0.1, 0.15) is 6.42 Å². The molecule has 118 valence electrons. The van der Waals surface area contributed by atoms with Crippen LogP contribution in [0.15, 0.2) is 0 Å². The van der Waals surface area contributed by atoms with Gasteiger partial charge in [0.1, 0.15) is 0 Å². The Hall–Kier alpha value is -1.03. The maximum absolute atomic E-state index is 12.1. The largest absolute Gasteiger partial charge is 0.423 e. The maximum Gasteiger partial charge on any atom is 0.423 e. The summed E-state index contributed by atoms with van der Waals surface area (Å²) in [5.74, 6) is -0.519. The fraction of sp³-hybridized carbons (Fsp3) is 0.900. The molecular formula is C10H14F6N2O2. The van der Waals surface area contributed by atoms with Gasteiger partial charge >= 0.3 is 12.4 Å². The Morgan fingerprint density at radius 3 is 2.05 bits per heavy atom. The predicted molar refractivity (Wildman–Crippen MR) is 55.9 cm³/mol. The molecule has 0 spiro atoms. The normalized spacial score (nSPS) is 17.6. The molecule has 1 aliphatic rings. The molecule has 0 aromatic heterocycles. The number of ether oxygens (including phenoxy) is 1. The Morgan fingerprint density at radius 1 is 1.10 bits per heavy atom. The zero-order chi connectivity index (χ0) is 15.4. The van der Waals surface area contributed by atoms with Gasteiger partial charge in [0.15, 0.2) is 0 Å². The first kappa shape index (κ1) is 17.0. The van der Waals surface area contributed by atoms with Gasteiger partial charge in [-0.2, -0.15) is 26.3 Å². The van der Waals surface area contributed by atoms with E-state index in [9.17, 15) is 31.1 Å². The van der Waals surface area contributed by atoms with Crippen LogP contribution in [0.4, 0.5) is 26.3 Å². The van der Waals surface area contributed by atoms with Crippen molar-refractivity contribution in [1.82, 2.24) is 10.2 Å². The Kier molecular flexibility index (Phi) is 5.63. The average molecular weight is 308 g/mol. The standard InChI is InChI=1S/C10H14F6N2O2/c11-9(12,13)8(10(14,15)16)20-6-1-7(19)18-4-2-17-3-5-18/h8,17H,1-6H2. The van der Waals surface area contributed by atoms with Crippen molar-refractivity contribution in [2.24, 2.45) is 0 Å². The molecule has 0 aliphatic carbocycles. The summed E-state index contributed by atoms with van der Waals surface area (Å²) in [6.45, 7) is 0.911. The van der Waals surface area contributed by atoms with Gasteiger partial charge in [-0.1, -0.05) is 0 Å². The summed E-state index contributed by atoms with van der Waals surface area (Å²) in [5, 5.41) is 2.96. The molecule has 20 heavy (non-hydrogen) atoms. The van der Waals surface area contributed by atoms with Gasteiger partial charge in [0, 0.05) is 26.2 Å². The van der Waals surface area contributed by atoms with Crippen LogP contribution in [-0.2, 0) is 9.53 Å². The van der Waals surface area contributed by atoms with Gasteiger partial charge < -0.3 is 15.0 Å². The molecule has 0 unspecified atom stereocenters. The summed E-state index contributed by atoms with van der Waals surface area (Å²) in [7, 11) is 0. The van der Waals surface area contributed by atoms with E-state index < -0.39 is 37.4 Å². The SMILES string of the molecule is O=C(CCOC(C(F)(F)F)C(F)(F)F)N1CCNCC1. The maximum atomic E-state index is 12.1. The molecule has 0 bridgehead atoms. The molecule has 0 saturated carbocycles. The molecule has 0 aromatic carbocycles. The van der Waals surface area contributed by atoms with Crippen LogP contribution in [-0.4, -0.2) is 62.0 Å². The first-order chi connectivity index (χ1) is 9.12. The van der Waals surface area contributed by atoms with Gasteiger partial charge in [0.05, 0.1) is 13.0 Å². The Balaban J connectivity index is 2.42. The van der Waals surface area contributed by atoms with E-state index in [4.69, 9.17) is 0 Å². The van der Waals surface area contributed by atoms with Gasteiger partial charge in [-0.05, 0) is 0 Å². The smallest absolute Gasteiger partial charge is 0.360 e. The van der Waals surface area contributed by atoms with Gasteiger partial charge in [-0.15, -0.1) is 0 Å². The number of amides is 1. The topological polar surface area (TPSA) is 41.6 Å². The van der Waals surface area contributed by atoms with Crippen LogP contribution < -0.4 is 5.32 Å². The quantitative estimate of drug-likeness (QED) is 0.797. The fourth-order valence-electron chi connectivity index (χ4n) is 1.71. The molecule has 4 nitrogen and oxygen atoms in total. The van der Waals surface area contributed by atoms with E-state index in [1.54, 1.807) is 0 Å². The molecule has 1 heterocycles. The minimum Gasteiger partial charge on any atom is -0.360 e. The van der Waals surface area contributed by atoms with E-state index in [1.165, 1.54) is 4.90 Å². The predicted octanol–water partition coefficient (Wildman–Crippen LogP) is 1.32. The third-order valence-corrected chi connectivity index (χ3v) is 2.66. The lowest BCUT2D eigenvalue weighted by molar-refractivity contribution is -0.321. The lowest BCUT2D eigenvalue weighted by Gasteiger charge is -2.28. The number of alkyl halides is 6. The molecule has 1 fully saturated rings. The summed E-state index contributed by atoms with van der Waals surface area (Å²) in [5.41, 5.74) is 0. The molecule has 1 amide bonds. The molecule has 0 radical (unpaired) electrons. The number of halogens is 6. The first-order valence-electron chi connectivity index (χ1n) is 5.86. The monoisotopic (exact) mass is 308 g/mol. The first-order valence-corrected chi connectivity index (χ1v) is 5.86. The summed E-state index contributed by atoms with van der Waals surface area (Å²) < 4.78 is 76.7. The van der Waals surface area contributed by atoms with E-state index in [0.29, 0.717) is 26.2 Å². The highest BCUT2D eigenvalue weighted by molar-refractivity contribution is 5.76. The van der Waals surface area contributed by atoms with E-state index in [2.05, 4.69) is 10.1 Å². The van der Waals surface area contributed by atoms with Gasteiger partial charge in [0.25, 0.3) is 0 Å². The highest BCUT2D eigenvalue weighted by atomic mass is 19.4. The number of nitrogens with one attached hydrogen (secondary N) is 1. The molecule has 10 heteroatoms. The number of piperazine rings is 1. The second kappa shape index (κ2) is 6.61. The van der Waals surface area contributed by atoms with Gasteiger partial charge in [-0.3, -0.25) is 4.79 Å². The summed E-state index contributed by atoms with van der Waals surface area (Å²) in [6.07, 6.45) is -15.5. The van der Waals surface area contributed by atoms with E-state index in [1.807, 2.05) is 0 Å². The molecule has 0 atom stereocenters. The summed E-state index contributed by atoms with van der Waals surface area (Å²) in [4.78, 5) is 12.9. The number of nitrogens with zero attached hydrogens (tertiary/aromatic N) is 1. The number of hydrogen-bond donors (Lipinski definition) is 1. The third-order valence-electron chi connectivity index (χ3n) is 2.66. The molecule has 1 rings (SSSR count). The fourth-order valence-corrected chi connectivity index (χ4v) is 1.71. The van der Waals surface area contributed by atoms with E-state index in [0.717, 1.165) is 0 Å². The zero-order valence-corrected chi connectivity index (χ0v) is 10.4. The Labute approximate surface area is 111 Å². The molecule has 1 N–H and O–H groups in total. The summed E-state index contributed by atoms with van der Waals surface area (Å²) in [6, 6.07) is 0. The van der Waals surface area contributed by atoms with E-state index >= 15 is 0 Å². The second-order valence-corrected chi connectivity index (χ2v) is 4.21.